The summed E-state index contributed by atoms with van der Waals surface area (Å²) in [6.07, 6.45) is 0. The monoisotopic (exact) mass is 403 g/mol. The predicted octanol–water partition coefficient (Wildman–Crippen LogP) is 4.85. The minimum atomic E-state index is -0.474. The Balaban J connectivity index is 1.50. The van der Waals surface area contributed by atoms with Gasteiger partial charge < -0.3 is 19.2 Å². The molecule has 6 nitrogen and oxygen atoms in total. The molecule has 1 aliphatic rings. The maximum absolute atomic E-state index is 13.5. The van der Waals surface area contributed by atoms with Crippen LogP contribution in [0.4, 0.5) is 10.1 Å². The van der Waals surface area contributed by atoms with Gasteiger partial charge in [-0.05, 0) is 42.0 Å². The van der Waals surface area contributed by atoms with E-state index in [1.165, 1.54) is 12.1 Å². The van der Waals surface area contributed by atoms with E-state index in [4.69, 9.17) is 13.9 Å². The second kappa shape index (κ2) is 7.87. The van der Waals surface area contributed by atoms with E-state index in [0.717, 1.165) is 16.8 Å². The molecule has 0 fully saturated rings. The van der Waals surface area contributed by atoms with Gasteiger partial charge in [-0.25, -0.2) is 4.39 Å². The molecule has 0 saturated heterocycles. The van der Waals surface area contributed by atoms with E-state index in [1.54, 1.807) is 12.1 Å². The number of anilines is 1. The van der Waals surface area contributed by atoms with E-state index < -0.39 is 6.04 Å². The maximum Gasteiger partial charge on any atom is 0.247 e. The summed E-state index contributed by atoms with van der Waals surface area (Å²) < 4.78 is 30.7. The third-order valence-electron chi connectivity index (χ3n) is 4.76. The molecular formula is C23H18FN3O3. The van der Waals surface area contributed by atoms with Crippen molar-refractivity contribution in [1.29, 1.82) is 0 Å². The number of hydrogen-bond acceptors (Lipinski definition) is 6. The molecule has 1 N–H and O–H groups in total. The second-order valence-corrected chi connectivity index (χ2v) is 6.80. The van der Waals surface area contributed by atoms with Gasteiger partial charge in [-0.3, -0.25) is 0 Å². The number of aromatic nitrogens is 2. The Hall–Kier alpha value is -3.87. The summed E-state index contributed by atoms with van der Waals surface area (Å²) in [6, 6.07) is 20.9. The lowest BCUT2D eigenvalue weighted by molar-refractivity contribution is 0.171. The molecule has 1 aliphatic heterocycles. The highest BCUT2D eigenvalue weighted by atomic mass is 19.1. The number of ether oxygens (including phenoxy) is 2. The van der Waals surface area contributed by atoms with E-state index in [1.807, 2.05) is 48.5 Å². The molecule has 0 saturated carbocycles. The molecule has 0 spiro atoms. The molecule has 4 aromatic rings. The Bertz CT molecular complexity index is 1150. The molecule has 0 bridgehead atoms. The van der Waals surface area contributed by atoms with Crippen LogP contribution < -0.4 is 14.8 Å². The fourth-order valence-corrected chi connectivity index (χ4v) is 3.29. The zero-order valence-corrected chi connectivity index (χ0v) is 15.9. The first kappa shape index (κ1) is 18.2. The van der Waals surface area contributed by atoms with Crippen molar-refractivity contribution in [3.05, 3.63) is 90.1 Å². The van der Waals surface area contributed by atoms with Gasteiger partial charge in [-0.1, -0.05) is 30.3 Å². The third kappa shape index (κ3) is 3.69. The zero-order chi connectivity index (χ0) is 20.3. The number of nitrogens with zero attached hydrogens (tertiary/aromatic N) is 2. The van der Waals surface area contributed by atoms with Crippen LogP contribution in [-0.2, 0) is 0 Å². The van der Waals surface area contributed by atoms with Gasteiger partial charge in [0.25, 0.3) is 0 Å². The van der Waals surface area contributed by atoms with E-state index in [9.17, 15) is 4.39 Å². The quantitative estimate of drug-likeness (QED) is 0.514. The topological polar surface area (TPSA) is 69.4 Å². The zero-order valence-electron chi connectivity index (χ0n) is 15.9. The Morgan fingerprint density at radius 1 is 0.833 bits per heavy atom. The molecule has 0 amide bonds. The first-order valence-electron chi connectivity index (χ1n) is 9.57. The van der Waals surface area contributed by atoms with Crippen molar-refractivity contribution in [3.8, 4) is 23.0 Å². The minimum absolute atomic E-state index is 0.313. The largest absolute Gasteiger partial charge is 0.486 e. The third-order valence-corrected chi connectivity index (χ3v) is 4.76. The van der Waals surface area contributed by atoms with E-state index in [2.05, 4.69) is 15.5 Å². The molecule has 3 aromatic carbocycles. The first-order valence-corrected chi connectivity index (χ1v) is 9.57. The molecule has 0 aliphatic carbocycles. The van der Waals surface area contributed by atoms with Crippen molar-refractivity contribution < 1.29 is 18.3 Å². The second-order valence-electron chi connectivity index (χ2n) is 6.80. The fraction of sp³-hybridized carbons (Fsp3) is 0.130. The van der Waals surface area contributed by atoms with Crippen molar-refractivity contribution in [1.82, 2.24) is 10.2 Å². The lowest BCUT2D eigenvalue weighted by Crippen LogP contribution is -2.16. The van der Waals surface area contributed by atoms with Crippen molar-refractivity contribution >= 4 is 5.69 Å². The standard InChI is InChI=1S/C23H18FN3O3/c24-17-8-6-15(7-9-17)21(23-27-26-22(30-23)16-4-2-1-3-5-16)25-18-10-11-19-20(14-18)29-13-12-28-19/h1-11,14,21,25H,12-13H2/t21-/m1/s1. The SMILES string of the molecule is Fc1ccc([C@@H](Nc2ccc3c(c2)OCCO3)c2nnc(-c3ccccc3)o2)cc1. The molecule has 7 heteroatoms. The lowest BCUT2D eigenvalue weighted by atomic mass is 10.1. The highest BCUT2D eigenvalue weighted by Gasteiger charge is 2.23. The predicted molar refractivity (Wildman–Crippen MR) is 109 cm³/mol. The van der Waals surface area contributed by atoms with Gasteiger partial charge in [0, 0.05) is 17.3 Å². The van der Waals surface area contributed by atoms with Gasteiger partial charge in [0.05, 0.1) is 0 Å². The van der Waals surface area contributed by atoms with Crippen molar-refractivity contribution in [3.63, 3.8) is 0 Å². The van der Waals surface area contributed by atoms with Crippen molar-refractivity contribution in [2.75, 3.05) is 18.5 Å². The Morgan fingerprint density at radius 2 is 1.60 bits per heavy atom. The summed E-state index contributed by atoms with van der Waals surface area (Å²) in [5, 5.41) is 11.8. The van der Waals surface area contributed by atoms with Crippen LogP contribution in [0, 0.1) is 5.82 Å². The van der Waals surface area contributed by atoms with E-state index in [0.29, 0.717) is 36.5 Å². The summed E-state index contributed by atoms with van der Waals surface area (Å²) in [7, 11) is 0. The Labute approximate surface area is 172 Å². The summed E-state index contributed by atoms with van der Waals surface area (Å²) in [6.45, 7) is 1.03. The Kier molecular flexibility index (Phi) is 4.77. The summed E-state index contributed by atoms with van der Waals surface area (Å²) >= 11 is 0. The van der Waals surface area contributed by atoms with E-state index >= 15 is 0 Å². The van der Waals surface area contributed by atoms with Gasteiger partial charge >= 0.3 is 0 Å². The molecule has 0 unspecified atom stereocenters. The van der Waals surface area contributed by atoms with Crippen molar-refractivity contribution in [2.24, 2.45) is 0 Å². The van der Waals surface area contributed by atoms with Crippen LogP contribution in [0.25, 0.3) is 11.5 Å². The van der Waals surface area contributed by atoms with Crippen LogP contribution in [-0.4, -0.2) is 23.4 Å². The van der Waals surface area contributed by atoms with Gasteiger partial charge in [0.1, 0.15) is 25.1 Å². The first-order chi connectivity index (χ1) is 14.8. The smallest absolute Gasteiger partial charge is 0.247 e. The number of nitrogens with one attached hydrogen (secondary N) is 1. The molecule has 1 aromatic heterocycles. The van der Waals surface area contributed by atoms with Gasteiger partial charge in [0.2, 0.25) is 11.8 Å². The normalized spacial score (nSPS) is 13.6. The summed E-state index contributed by atoms with van der Waals surface area (Å²) in [5.74, 6) is 1.85. The van der Waals surface area contributed by atoms with Crippen LogP contribution >= 0.6 is 0 Å². The number of rotatable bonds is 5. The van der Waals surface area contributed by atoms with Crippen LogP contribution in [0.2, 0.25) is 0 Å². The summed E-state index contributed by atoms with van der Waals surface area (Å²) in [5.41, 5.74) is 2.40. The fourth-order valence-electron chi connectivity index (χ4n) is 3.29. The molecule has 30 heavy (non-hydrogen) atoms. The minimum Gasteiger partial charge on any atom is -0.486 e. The Morgan fingerprint density at radius 3 is 2.40 bits per heavy atom. The average Bonchev–Trinajstić information content (AvgIpc) is 3.29. The van der Waals surface area contributed by atoms with Crippen LogP contribution in [0.3, 0.4) is 0 Å². The highest BCUT2D eigenvalue weighted by Crippen LogP contribution is 2.35. The lowest BCUT2D eigenvalue weighted by Gasteiger charge is -2.21. The molecule has 1 atom stereocenters. The molecule has 150 valence electrons. The maximum atomic E-state index is 13.5. The number of halogens is 1. The van der Waals surface area contributed by atoms with Gasteiger partial charge in [-0.2, -0.15) is 0 Å². The average molecular weight is 403 g/mol. The highest BCUT2D eigenvalue weighted by molar-refractivity contribution is 5.57. The summed E-state index contributed by atoms with van der Waals surface area (Å²) in [4.78, 5) is 0. The molecule has 2 heterocycles. The van der Waals surface area contributed by atoms with Gasteiger partial charge in [-0.15, -0.1) is 10.2 Å². The number of fused-ring (bicyclic) bond motifs is 1. The van der Waals surface area contributed by atoms with Gasteiger partial charge in [0.15, 0.2) is 11.5 Å². The molecule has 0 radical (unpaired) electrons. The van der Waals surface area contributed by atoms with Crippen LogP contribution in [0.5, 0.6) is 11.5 Å². The van der Waals surface area contributed by atoms with Crippen molar-refractivity contribution in [2.45, 2.75) is 6.04 Å². The number of benzene rings is 3. The molecule has 5 rings (SSSR count). The number of hydrogen-bond donors (Lipinski definition) is 1. The van der Waals surface area contributed by atoms with Crippen LogP contribution in [0.15, 0.2) is 77.2 Å². The van der Waals surface area contributed by atoms with E-state index in [-0.39, 0.29) is 5.82 Å². The van der Waals surface area contributed by atoms with Crippen LogP contribution in [0.1, 0.15) is 17.5 Å². The molecular weight excluding hydrogens is 385 g/mol.